The van der Waals surface area contributed by atoms with E-state index in [0.29, 0.717) is 16.9 Å². The fourth-order valence-corrected chi connectivity index (χ4v) is 2.68. The van der Waals surface area contributed by atoms with E-state index in [2.05, 4.69) is 10.5 Å². The van der Waals surface area contributed by atoms with Crippen molar-refractivity contribution in [1.82, 2.24) is 14.6 Å². The maximum Gasteiger partial charge on any atom is 0.420 e. The molecule has 1 N–H and O–H groups in total. The Labute approximate surface area is 148 Å². The van der Waals surface area contributed by atoms with Crippen molar-refractivity contribution < 1.29 is 18.5 Å². The first kappa shape index (κ1) is 17.5. The van der Waals surface area contributed by atoms with Crippen molar-refractivity contribution in [2.75, 3.05) is 18.9 Å². The number of aromatic nitrogens is 2. The van der Waals surface area contributed by atoms with Gasteiger partial charge in [-0.3, -0.25) is 14.2 Å². The molecule has 3 aromatic rings. The van der Waals surface area contributed by atoms with Crippen molar-refractivity contribution in [2.45, 2.75) is 19.9 Å². The Morgan fingerprint density at radius 2 is 2.08 bits per heavy atom. The number of aryl methyl sites for hydroxylation is 1. The summed E-state index contributed by atoms with van der Waals surface area (Å²) in [7, 11) is 1.49. The predicted octanol–water partition coefficient (Wildman–Crippen LogP) is 1.55. The topological polar surface area (TPSA) is 111 Å². The molecule has 1 aromatic carbocycles. The summed E-state index contributed by atoms with van der Waals surface area (Å²) in [5.74, 6) is -0.609. The van der Waals surface area contributed by atoms with E-state index in [9.17, 15) is 14.4 Å². The number of benzene rings is 1. The Hall–Kier alpha value is -3.36. The summed E-state index contributed by atoms with van der Waals surface area (Å²) in [4.78, 5) is 38.0. The average molecular weight is 358 g/mol. The van der Waals surface area contributed by atoms with E-state index in [1.54, 1.807) is 44.2 Å². The molecular weight excluding hydrogens is 340 g/mol. The maximum atomic E-state index is 12.6. The van der Waals surface area contributed by atoms with E-state index in [4.69, 9.17) is 8.94 Å². The van der Waals surface area contributed by atoms with Gasteiger partial charge < -0.3 is 19.2 Å². The SMILES string of the molecule is Cc1cc(NC(=O)CN(C)C(=O)C(C)n2c(=O)oc3ccccc32)no1. The van der Waals surface area contributed by atoms with E-state index in [1.807, 2.05) is 0 Å². The number of hydrogen-bond acceptors (Lipinski definition) is 6. The molecule has 9 heteroatoms. The normalized spacial score (nSPS) is 12.1. The van der Waals surface area contributed by atoms with E-state index in [1.165, 1.54) is 16.5 Å². The summed E-state index contributed by atoms with van der Waals surface area (Å²) < 4.78 is 11.3. The summed E-state index contributed by atoms with van der Waals surface area (Å²) in [6.07, 6.45) is 0. The fourth-order valence-electron chi connectivity index (χ4n) is 2.68. The Balaban J connectivity index is 1.72. The van der Waals surface area contributed by atoms with Gasteiger partial charge >= 0.3 is 5.76 Å². The van der Waals surface area contributed by atoms with E-state index in [0.717, 1.165) is 0 Å². The van der Waals surface area contributed by atoms with Crippen molar-refractivity contribution in [3.05, 3.63) is 46.6 Å². The highest BCUT2D eigenvalue weighted by molar-refractivity contribution is 5.94. The van der Waals surface area contributed by atoms with Crippen LogP contribution in [-0.2, 0) is 9.59 Å². The molecule has 136 valence electrons. The van der Waals surface area contributed by atoms with Crippen LogP contribution in [0.4, 0.5) is 5.82 Å². The monoisotopic (exact) mass is 358 g/mol. The molecule has 0 spiro atoms. The smallest absolute Gasteiger partial charge is 0.408 e. The third-order valence-electron chi connectivity index (χ3n) is 3.92. The molecule has 1 atom stereocenters. The average Bonchev–Trinajstić information content (AvgIpc) is 3.15. The van der Waals surface area contributed by atoms with Gasteiger partial charge in [0.15, 0.2) is 11.4 Å². The van der Waals surface area contributed by atoms with Gasteiger partial charge in [-0.05, 0) is 26.0 Å². The summed E-state index contributed by atoms with van der Waals surface area (Å²) >= 11 is 0. The molecule has 0 aliphatic heterocycles. The Morgan fingerprint density at radius 1 is 1.35 bits per heavy atom. The number of likely N-dealkylation sites (N-methyl/N-ethyl adjacent to an activating group) is 1. The zero-order chi connectivity index (χ0) is 18.8. The van der Waals surface area contributed by atoms with Gasteiger partial charge in [-0.1, -0.05) is 17.3 Å². The van der Waals surface area contributed by atoms with Crippen molar-refractivity contribution in [3.8, 4) is 0 Å². The number of anilines is 1. The highest BCUT2D eigenvalue weighted by atomic mass is 16.5. The predicted molar refractivity (Wildman–Crippen MR) is 92.7 cm³/mol. The zero-order valence-electron chi connectivity index (χ0n) is 14.6. The van der Waals surface area contributed by atoms with Gasteiger partial charge in [0, 0.05) is 13.1 Å². The summed E-state index contributed by atoms with van der Waals surface area (Å²) in [5.41, 5.74) is 0.924. The van der Waals surface area contributed by atoms with Crippen LogP contribution in [0.3, 0.4) is 0 Å². The second-order valence-corrected chi connectivity index (χ2v) is 5.95. The summed E-state index contributed by atoms with van der Waals surface area (Å²) in [5, 5.41) is 6.20. The highest BCUT2D eigenvalue weighted by Crippen LogP contribution is 2.18. The molecule has 2 amide bonds. The minimum absolute atomic E-state index is 0.195. The number of nitrogens with one attached hydrogen (secondary N) is 1. The number of carbonyl (C=O) groups excluding carboxylic acids is 2. The minimum atomic E-state index is -0.821. The van der Waals surface area contributed by atoms with Gasteiger partial charge in [-0.2, -0.15) is 0 Å². The van der Waals surface area contributed by atoms with Gasteiger partial charge in [0.05, 0.1) is 12.1 Å². The van der Waals surface area contributed by atoms with Crippen LogP contribution in [0.1, 0.15) is 18.7 Å². The lowest BCUT2D eigenvalue weighted by atomic mass is 10.2. The Bertz CT molecular complexity index is 1020. The van der Waals surface area contributed by atoms with Crippen LogP contribution in [0.5, 0.6) is 0 Å². The maximum absolute atomic E-state index is 12.6. The van der Waals surface area contributed by atoms with E-state index < -0.39 is 23.6 Å². The standard InChI is InChI=1S/C17H18N4O5/c1-10-8-14(19-26-10)18-15(22)9-20(3)16(23)11(2)21-12-6-4-5-7-13(12)25-17(21)24/h4-8,11H,9H2,1-3H3,(H,18,19,22). The third-order valence-corrected chi connectivity index (χ3v) is 3.92. The molecule has 9 nitrogen and oxygen atoms in total. The fraction of sp³-hybridized carbons (Fsp3) is 0.294. The number of hydrogen-bond donors (Lipinski definition) is 1. The molecule has 0 aliphatic carbocycles. The van der Waals surface area contributed by atoms with Crippen LogP contribution in [0.2, 0.25) is 0 Å². The molecule has 3 rings (SSSR count). The van der Waals surface area contributed by atoms with Gasteiger partial charge in [0.25, 0.3) is 0 Å². The van der Waals surface area contributed by atoms with Gasteiger partial charge in [-0.25, -0.2) is 4.79 Å². The van der Waals surface area contributed by atoms with E-state index >= 15 is 0 Å². The van der Waals surface area contributed by atoms with Crippen LogP contribution in [-0.4, -0.2) is 40.0 Å². The summed E-state index contributed by atoms with van der Waals surface area (Å²) in [6.45, 7) is 3.09. The lowest BCUT2D eigenvalue weighted by molar-refractivity contribution is -0.135. The molecule has 0 saturated heterocycles. The lowest BCUT2D eigenvalue weighted by Crippen LogP contribution is -2.40. The largest absolute Gasteiger partial charge is 0.420 e. The first-order valence-electron chi connectivity index (χ1n) is 7.95. The van der Waals surface area contributed by atoms with Crippen molar-refractivity contribution in [3.63, 3.8) is 0 Å². The quantitative estimate of drug-likeness (QED) is 0.741. The molecule has 1 unspecified atom stereocenters. The number of carbonyl (C=O) groups is 2. The van der Waals surface area contributed by atoms with Crippen LogP contribution < -0.4 is 11.1 Å². The first-order valence-corrected chi connectivity index (χ1v) is 7.95. The number of rotatable bonds is 5. The van der Waals surface area contributed by atoms with Crippen LogP contribution in [0.15, 0.2) is 44.1 Å². The minimum Gasteiger partial charge on any atom is -0.408 e. The first-order chi connectivity index (χ1) is 12.4. The van der Waals surface area contributed by atoms with E-state index in [-0.39, 0.29) is 12.4 Å². The number of oxazole rings is 1. The van der Waals surface area contributed by atoms with Crippen molar-refractivity contribution >= 4 is 28.7 Å². The Kier molecular flexibility index (Phi) is 4.61. The van der Waals surface area contributed by atoms with Crippen molar-refractivity contribution in [2.24, 2.45) is 0 Å². The number of fused-ring (bicyclic) bond motifs is 1. The molecule has 0 fully saturated rings. The van der Waals surface area contributed by atoms with Gasteiger partial charge in [0.2, 0.25) is 11.8 Å². The third kappa shape index (κ3) is 3.37. The molecular formula is C17H18N4O5. The molecule has 0 saturated carbocycles. The van der Waals surface area contributed by atoms with Crippen LogP contribution in [0, 0.1) is 6.92 Å². The Morgan fingerprint density at radius 3 is 2.77 bits per heavy atom. The molecule has 0 radical (unpaired) electrons. The number of nitrogens with zero attached hydrogens (tertiary/aromatic N) is 3. The lowest BCUT2D eigenvalue weighted by Gasteiger charge is -2.21. The molecule has 0 aliphatic rings. The summed E-state index contributed by atoms with van der Waals surface area (Å²) in [6, 6.07) is 7.59. The second kappa shape index (κ2) is 6.87. The zero-order valence-corrected chi connectivity index (χ0v) is 14.6. The molecule has 2 aromatic heterocycles. The van der Waals surface area contributed by atoms with Crippen LogP contribution >= 0.6 is 0 Å². The molecule has 26 heavy (non-hydrogen) atoms. The number of para-hydroxylation sites is 2. The van der Waals surface area contributed by atoms with Crippen molar-refractivity contribution in [1.29, 1.82) is 0 Å². The van der Waals surface area contributed by atoms with Crippen LogP contribution in [0.25, 0.3) is 11.1 Å². The second-order valence-electron chi connectivity index (χ2n) is 5.95. The highest BCUT2D eigenvalue weighted by Gasteiger charge is 2.25. The molecule has 2 heterocycles. The van der Waals surface area contributed by atoms with Gasteiger partial charge in [0.1, 0.15) is 11.8 Å². The van der Waals surface area contributed by atoms with Gasteiger partial charge in [-0.15, -0.1) is 0 Å². The molecule has 0 bridgehead atoms. The number of amides is 2.